The van der Waals surface area contributed by atoms with Gasteiger partial charge in [-0.05, 0) is 67.1 Å². The Bertz CT molecular complexity index is 1400. The van der Waals surface area contributed by atoms with Crippen LogP contribution in [0.25, 0.3) is 17.2 Å². The minimum atomic E-state index is -0.706. The summed E-state index contributed by atoms with van der Waals surface area (Å²) in [5, 5.41) is 2.84. The summed E-state index contributed by atoms with van der Waals surface area (Å²) in [4.78, 5) is 27.2. The van der Waals surface area contributed by atoms with Crippen LogP contribution >= 0.6 is 0 Å². The zero-order valence-electron chi connectivity index (χ0n) is 22.0. The number of carbonyl (C=O) groups excluding carboxylic acids is 1. The van der Waals surface area contributed by atoms with E-state index in [1.807, 2.05) is 52.0 Å². The van der Waals surface area contributed by atoms with E-state index in [0.29, 0.717) is 11.0 Å². The van der Waals surface area contributed by atoms with Crippen molar-refractivity contribution in [2.75, 3.05) is 18.9 Å². The van der Waals surface area contributed by atoms with Crippen molar-refractivity contribution < 1.29 is 18.8 Å². The molecule has 0 radical (unpaired) electrons. The Morgan fingerprint density at radius 3 is 2.21 bits per heavy atom. The molecule has 2 aromatic carbocycles. The fraction of sp³-hybridized carbons (Fsp3) is 0.310. The monoisotopic (exact) mass is 513 g/mol. The summed E-state index contributed by atoms with van der Waals surface area (Å²) >= 11 is 0. The molecule has 1 saturated heterocycles. The first-order valence-corrected chi connectivity index (χ1v) is 12.7. The molecule has 2 heterocycles. The molecule has 0 bridgehead atoms. The highest BCUT2D eigenvalue weighted by Gasteiger charge is 2.52. The average molecular weight is 513 g/mol. The number of carbonyl (C=O) groups is 1. The molecule has 0 saturated carbocycles. The molecule has 0 atom stereocenters. The van der Waals surface area contributed by atoms with E-state index in [9.17, 15) is 9.59 Å². The molecule has 9 heteroatoms. The maximum Gasteiger partial charge on any atom is 0.492 e. The molecule has 38 heavy (non-hydrogen) atoms. The highest BCUT2D eigenvalue weighted by molar-refractivity contribution is 6.56. The third kappa shape index (κ3) is 4.87. The molecule has 196 valence electrons. The Morgan fingerprint density at radius 1 is 1.05 bits per heavy atom. The van der Waals surface area contributed by atoms with Gasteiger partial charge in [-0.3, -0.25) is 4.79 Å². The molecule has 0 unspecified atom stereocenters. The molecule has 4 N–H and O–H groups in total. The molecule has 1 aromatic heterocycles. The van der Waals surface area contributed by atoms with E-state index in [4.69, 9.17) is 19.8 Å². The fourth-order valence-corrected chi connectivity index (χ4v) is 4.84. The van der Waals surface area contributed by atoms with Crippen LogP contribution in [0.4, 0.5) is 10.5 Å². The minimum absolute atomic E-state index is 0.0321. The molecule has 1 amide bonds. The van der Waals surface area contributed by atoms with Gasteiger partial charge in [-0.25, -0.2) is 4.79 Å². The van der Waals surface area contributed by atoms with Crippen molar-refractivity contribution in [1.29, 1.82) is 0 Å². The smallest absolute Gasteiger partial charge is 0.449 e. The Labute approximate surface area is 222 Å². The Kier molecular flexibility index (Phi) is 6.67. The second-order valence-electron chi connectivity index (χ2n) is 10.7. The van der Waals surface area contributed by atoms with Gasteiger partial charge in [-0.2, -0.15) is 0 Å². The number of nitrogens with one attached hydrogen (secondary N) is 2. The number of aromatic nitrogens is 1. The lowest BCUT2D eigenvalue weighted by molar-refractivity contribution is 0.00578. The number of alkyl carbamates (subject to hydrolysis) is 1. The predicted molar refractivity (Wildman–Crippen MR) is 149 cm³/mol. The van der Waals surface area contributed by atoms with Crippen LogP contribution < -0.4 is 16.6 Å². The first-order chi connectivity index (χ1) is 18.1. The van der Waals surface area contributed by atoms with Gasteiger partial charge in [0.05, 0.1) is 16.9 Å². The van der Waals surface area contributed by atoms with Crippen LogP contribution in [0, 0.1) is 0 Å². The third-order valence-electron chi connectivity index (χ3n) is 7.64. The fourth-order valence-electron chi connectivity index (χ4n) is 4.84. The summed E-state index contributed by atoms with van der Waals surface area (Å²) in [5.41, 5.74) is 10.3. The number of ether oxygens (including phenoxy) is 1. The Hall–Kier alpha value is -3.82. The lowest BCUT2D eigenvalue weighted by atomic mass is 9.77. The Balaban J connectivity index is 1.31. The quantitative estimate of drug-likeness (QED) is 0.418. The molecular formula is C29H32BN3O5. The lowest BCUT2D eigenvalue weighted by Crippen LogP contribution is -2.41. The van der Waals surface area contributed by atoms with Crippen LogP contribution in [0.2, 0.25) is 0 Å². The maximum atomic E-state index is 12.8. The number of fused-ring (bicyclic) bond motifs is 3. The molecule has 1 aliphatic carbocycles. The van der Waals surface area contributed by atoms with Gasteiger partial charge in [0.1, 0.15) is 6.61 Å². The van der Waals surface area contributed by atoms with Gasteiger partial charge >= 0.3 is 13.2 Å². The highest BCUT2D eigenvalue weighted by Crippen LogP contribution is 2.44. The van der Waals surface area contributed by atoms with Crippen molar-refractivity contribution in [1.82, 2.24) is 10.3 Å². The van der Waals surface area contributed by atoms with Gasteiger partial charge in [0, 0.05) is 18.7 Å². The standard InChI is InChI=1S/C29H32BN3O5/c1-28(2)29(3,4)38-30(37-28)19(13-18-14-25(31)26(34)32-15-18)16-33-27(35)36-17-24-22-11-7-5-9-20(22)21-10-6-8-12-23(21)24/h5-15,24H,16-17,31H2,1-4H3,(H,32,34)(H,33,35). The third-order valence-corrected chi connectivity index (χ3v) is 7.64. The highest BCUT2D eigenvalue weighted by atomic mass is 16.7. The number of benzene rings is 2. The summed E-state index contributed by atoms with van der Waals surface area (Å²) < 4.78 is 18.1. The van der Waals surface area contributed by atoms with Crippen molar-refractivity contribution >= 4 is 25.0 Å². The summed E-state index contributed by atoms with van der Waals surface area (Å²) in [6.45, 7) is 8.17. The van der Waals surface area contributed by atoms with E-state index >= 15 is 0 Å². The molecule has 2 aliphatic rings. The predicted octanol–water partition coefficient (Wildman–Crippen LogP) is 4.51. The van der Waals surface area contributed by atoms with E-state index in [-0.39, 0.29) is 30.3 Å². The summed E-state index contributed by atoms with van der Waals surface area (Å²) in [6.07, 6.45) is 2.80. The molecule has 5 rings (SSSR count). The van der Waals surface area contributed by atoms with E-state index in [2.05, 4.69) is 34.6 Å². The van der Waals surface area contributed by atoms with Crippen LogP contribution in [0.15, 0.2) is 71.1 Å². The van der Waals surface area contributed by atoms with Crippen LogP contribution in [0.1, 0.15) is 50.3 Å². The maximum absolute atomic E-state index is 12.8. The normalized spacial score (nSPS) is 17.7. The van der Waals surface area contributed by atoms with E-state index in [0.717, 1.165) is 11.1 Å². The van der Waals surface area contributed by atoms with Gasteiger partial charge in [-0.1, -0.05) is 54.6 Å². The number of hydrogen-bond donors (Lipinski definition) is 3. The summed E-state index contributed by atoms with van der Waals surface area (Å²) in [5.74, 6) is -0.0321. The van der Waals surface area contributed by atoms with Gasteiger partial charge in [-0.15, -0.1) is 0 Å². The van der Waals surface area contributed by atoms with Crippen molar-refractivity contribution in [3.05, 3.63) is 93.3 Å². The first kappa shape index (κ1) is 25.8. The molecule has 0 spiro atoms. The SMILES string of the molecule is CC1(C)OB(C(=Cc2c[nH]c(=O)c(N)c2)CNC(=O)OCC2c3ccccc3-c3ccccc32)OC1(C)C. The van der Waals surface area contributed by atoms with E-state index < -0.39 is 24.4 Å². The van der Waals surface area contributed by atoms with Gasteiger partial charge in [0.25, 0.3) is 5.56 Å². The summed E-state index contributed by atoms with van der Waals surface area (Å²) in [6, 6.07) is 18.0. The van der Waals surface area contributed by atoms with Crippen molar-refractivity contribution in [3.63, 3.8) is 0 Å². The number of amides is 1. The van der Waals surface area contributed by atoms with E-state index in [1.165, 1.54) is 11.1 Å². The number of nitrogens with two attached hydrogens (primary N) is 1. The zero-order valence-corrected chi connectivity index (χ0v) is 22.0. The zero-order chi connectivity index (χ0) is 27.1. The number of anilines is 1. The van der Waals surface area contributed by atoms with Crippen molar-refractivity contribution in [2.45, 2.75) is 44.8 Å². The molecular weight excluding hydrogens is 481 g/mol. The molecule has 8 nitrogen and oxygen atoms in total. The van der Waals surface area contributed by atoms with Gasteiger partial charge in [0.15, 0.2) is 0 Å². The van der Waals surface area contributed by atoms with Crippen molar-refractivity contribution in [3.8, 4) is 11.1 Å². The van der Waals surface area contributed by atoms with Gasteiger partial charge in [0.2, 0.25) is 0 Å². The van der Waals surface area contributed by atoms with Crippen LogP contribution in [0.3, 0.4) is 0 Å². The first-order valence-electron chi connectivity index (χ1n) is 12.7. The van der Waals surface area contributed by atoms with Gasteiger partial charge < -0.3 is 30.1 Å². The average Bonchev–Trinajstić information content (AvgIpc) is 3.31. The largest absolute Gasteiger partial charge is 0.492 e. The van der Waals surface area contributed by atoms with Crippen LogP contribution in [-0.4, -0.2) is 42.5 Å². The summed E-state index contributed by atoms with van der Waals surface area (Å²) in [7, 11) is -0.706. The van der Waals surface area contributed by atoms with Crippen molar-refractivity contribution in [2.24, 2.45) is 0 Å². The lowest BCUT2D eigenvalue weighted by Gasteiger charge is -2.32. The molecule has 1 aliphatic heterocycles. The van der Waals surface area contributed by atoms with E-state index in [1.54, 1.807) is 18.3 Å². The minimum Gasteiger partial charge on any atom is -0.449 e. The number of nitrogen functional groups attached to an aromatic ring is 1. The second kappa shape index (κ2) is 9.81. The topological polar surface area (TPSA) is 116 Å². The number of rotatable bonds is 6. The molecule has 1 fully saturated rings. The van der Waals surface area contributed by atoms with Crippen LogP contribution in [0.5, 0.6) is 0 Å². The number of pyridine rings is 1. The number of hydrogen-bond acceptors (Lipinski definition) is 6. The second-order valence-corrected chi connectivity index (χ2v) is 10.7. The molecule has 3 aromatic rings. The number of aromatic amines is 1. The van der Waals surface area contributed by atoms with Crippen LogP contribution in [-0.2, 0) is 14.0 Å². The Morgan fingerprint density at radius 2 is 1.63 bits per heavy atom. The number of H-pyrrole nitrogens is 1.